The van der Waals surface area contributed by atoms with Crippen LogP contribution >= 0.6 is 0 Å². The summed E-state index contributed by atoms with van der Waals surface area (Å²) in [5, 5.41) is 13.5. The number of carbonyl (C=O) groups excluding carboxylic acids is 1. The normalized spacial score (nSPS) is 19.9. The summed E-state index contributed by atoms with van der Waals surface area (Å²) in [7, 11) is 1.77. The first-order valence-corrected chi connectivity index (χ1v) is 5.86. The van der Waals surface area contributed by atoms with E-state index in [1.165, 1.54) is 12.1 Å². The highest BCUT2D eigenvalue weighted by Crippen LogP contribution is 2.23. The molecule has 0 spiro atoms. The molecule has 2 rings (SSSR count). The molecule has 1 unspecified atom stereocenters. The van der Waals surface area contributed by atoms with Gasteiger partial charge in [-0.15, -0.1) is 0 Å². The zero-order valence-electron chi connectivity index (χ0n) is 10.1. The minimum Gasteiger partial charge on any atom is -0.311 e. The van der Waals surface area contributed by atoms with Gasteiger partial charge < -0.3 is 10.2 Å². The van der Waals surface area contributed by atoms with Crippen molar-refractivity contribution in [2.75, 3.05) is 18.5 Å². The Hall–Kier alpha value is -1.95. The highest BCUT2D eigenvalue weighted by molar-refractivity contribution is 5.97. The SMILES string of the molecule is CNC1CCCN(c2ccc([N+](=O)[O-])cc2)C1=O. The number of hydrogen-bond acceptors (Lipinski definition) is 4. The summed E-state index contributed by atoms with van der Waals surface area (Å²) >= 11 is 0. The lowest BCUT2D eigenvalue weighted by atomic mass is 10.0. The second kappa shape index (κ2) is 5.14. The van der Waals surface area contributed by atoms with Crippen LogP contribution < -0.4 is 10.2 Å². The molecule has 1 amide bonds. The molecule has 96 valence electrons. The van der Waals surface area contributed by atoms with Gasteiger partial charge in [-0.3, -0.25) is 14.9 Å². The molecule has 0 saturated carbocycles. The third kappa shape index (κ3) is 2.33. The van der Waals surface area contributed by atoms with Crippen molar-refractivity contribution < 1.29 is 9.72 Å². The molecule has 6 nitrogen and oxygen atoms in total. The molecule has 1 N–H and O–H groups in total. The number of non-ortho nitro benzene ring substituents is 1. The number of nitro benzene ring substituents is 1. The minimum absolute atomic E-state index is 0.0256. The Morgan fingerprint density at radius 3 is 2.61 bits per heavy atom. The average molecular weight is 249 g/mol. The maximum atomic E-state index is 12.1. The van der Waals surface area contributed by atoms with E-state index in [4.69, 9.17) is 0 Å². The van der Waals surface area contributed by atoms with Gasteiger partial charge in [-0.25, -0.2) is 0 Å². The fourth-order valence-electron chi connectivity index (χ4n) is 2.15. The van der Waals surface area contributed by atoms with Crippen LogP contribution in [0.2, 0.25) is 0 Å². The van der Waals surface area contributed by atoms with E-state index in [-0.39, 0.29) is 17.6 Å². The maximum Gasteiger partial charge on any atom is 0.269 e. The fourth-order valence-corrected chi connectivity index (χ4v) is 2.15. The monoisotopic (exact) mass is 249 g/mol. The number of benzene rings is 1. The summed E-state index contributed by atoms with van der Waals surface area (Å²) < 4.78 is 0. The number of carbonyl (C=O) groups is 1. The Kier molecular flexibility index (Phi) is 3.57. The molecule has 6 heteroatoms. The molecule has 0 bridgehead atoms. The minimum atomic E-state index is -0.446. The van der Waals surface area contributed by atoms with Crippen molar-refractivity contribution in [1.82, 2.24) is 5.32 Å². The molecule has 1 aromatic rings. The topological polar surface area (TPSA) is 75.5 Å². The molecule has 1 atom stereocenters. The van der Waals surface area contributed by atoms with Crippen molar-refractivity contribution in [3.8, 4) is 0 Å². The number of nitrogens with zero attached hydrogens (tertiary/aromatic N) is 2. The van der Waals surface area contributed by atoms with Gasteiger partial charge in [0.25, 0.3) is 5.69 Å². The quantitative estimate of drug-likeness (QED) is 0.647. The molecule has 1 aliphatic rings. The highest BCUT2D eigenvalue weighted by atomic mass is 16.6. The number of rotatable bonds is 3. The largest absolute Gasteiger partial charge is 0.311 e. The van der Waals surface area contributed by atoms with Crippen molar-refractivity contribution in [3.05, 3.63) is 34.4 Å². The Bertz CT molecular complexity index is 458. The van der Waals surface area contributed by atoms with Gasteiger partial charge in [0, 0.05) is 24.4 Å². The van der Waals surface area contributed by atoms with E-state index in [0.717, 1.165) is 12.8 Å². The molecule has 1 saturated heterocycles. The third-order valence-corrected chi connectivity index (χ3v) is 3.16. The van der Waals surface area contributed by atoms with Crippen LogP contribution in [0.5, 0.6) is 0 Å². The zero-order valence-corrected chi connectivity index (χ0v) is 10.1. The molecular formula is C12H15N3O3. The summed E-state index contributed by atoms with van der Waals surface area (Å²) in [5.41, 5.74) is 0.749. The smallest absolute Gasteiger partial charge is 0.269 e. The number of hydrogen-bond donors (Lipinski definition) is 1. The Balaban J connectivity index is 2.20. The summed E-state index contributed by atoms with van der Waals surface area (Å²) in [6, 6.07) is 5.92. The van der Waals surface area contributed by atoms with Crippen molar-refractivity contribution in [1.29, 1.82) is 0 Å². The number of nitro groups is 1. The van der Waals surface area contributed by atoms with Gasteiger partial charge in [0.05, 0.1) is 11.0 Å². The summed E-state index contributed by atoms with van der Waals surface area (Å²) in [6.07, 6.45) is 1.76. The second-order valence-corrected chi connectivity index (χ2v) is 4.25. The van der Waals surface area contributed by atoms with Gasteiger partial charge in [-0.2, -0.15) is 0 Å². The van der Waals surface area contributed by atoms with Gasteiger partial charge in [0.2, 0.25) is 5.91 Å². The van der Waals surface area contributed by atoms with E-state index in [9.17, 15) is 14.9 Å². The van der Waals surface area contributed by atoms with Crippen molar-refractivity contribution in [3.63, 3.8) is 0 Å². The van der Waals surface area contributed by atoms with Crippen LogP contribution in [-0.2, 0) is 4.79 Å². The van der Waals surface area contributed by atoms with E-state index < -0.39 is 4.92 Å². The Morgan fingerprint density at radius 2 is 2.06 bits per heavy atom. The highest BCUT2D eigenvalue weighted by Gasteiger charge is 2.28. The predicted octanol–water partition coefficient (Wildman–Crippen LogP) is 1.31. The molecule has 1 aliphatic heterocycles. The van der Waals surface area contributed by atoms with E-state index in [1.54, 1.807) is 24.1 Å². The molecule has 0 aromatic heterocycles. The van der Waals surface area contributed by atoms with Crippen LogP contribution in [0.1, 0.15) is 12.8 Å². The van der Waals surface area contributed by atoms with Crippen molar-refractivity contribution >= 4 is 17.3 Å². The van der Waals surface area contributed by atoms with Crippen LogP contribution in [0.15, 0.2) is 24.3 Å². The molecule has 1 heterocycles. The molecule has 18 heavy (non-hydrogen) atoms. The van der Waals surface area contributed by atoms with Crippen LogP contribution in [0.3, 0.4) is 0 Å². The first-order chi connectivity index (χ1) is 8.63. The lowest BCUT2D eigenvalue weighted by molar-refractivity contribution is -0.384. The lowest BCUT2D eigenvalue weighted by Crippen LogP contribution is -2.49. The van der Waals surface area contributed by atoms with Crippen LogP contribution in [0.25, 0.3) is 0 Å². The third-order valence-electron chi connectivity index (χ3n) is 3.16. The first kappa shape index (κ1) is 12.5. The van der Waals surface area contributed by atoms with Crippen LogP contribution in [0, 0.1) is 10.1 Å². The molecule has 0 radical (unpaired) electrons. The van der Waals surface area contributed by atoms with Crippen LogP contribution in [0.4, 0.5) is 11.4 Å². The number of amides is 1. The van der Waals surface area contributed by atoms with Crippen molar-refractivity contribution in [2.24, 2.45) is 0 Å². The van der Waals surface area contributed by atoms with Gasteiger partial charge in [-0.1, -0.05) is 0 Å². The number of likely N-dealkylation sites (N-methyl/N-ethyl adjacent to an activating group) is 1. The predicted molar refractivity (Wildman–Crippen MR) is 67.5 cm³/mol. The Labute approximate surface area is 105 Å². The van der Waals surface area contributed by atoms with E-state index >= 15 is 0 Å². The average Bonchev–Trinajstić information content (AvgIpc) is 2.39. The van der Waals surface area contributed by atoms with E-state index in [1.807, 2.05) is 0 Å². The van der Waals surface area contributed by atoms with Gasteiger partial charge in [0.15, 0.2) is 0 Å². The second-order valence-electron chi connectivity index (χ2n) is 4.25. The van der Waals surface area contributed by atoms with E-state index in [0.29, 0.717) is 12.2 Å². The van der Waals surface area contributed by atoms with Crippen molar-refractivity contribution in [2.45, 2.75) is 18.9 Å². The molecule has 1 aromatic carbocycles. The standard InChI is InChI=1S/C12H15N3O3/c1-13-11-3-2-8-14(12(11)16)9-4-6-10(7-5-9)15(17)18/h4-7,11,13H,2-3,8H2,1H3. The molecule has 0 aliphatic carbocycles. The zero-order chi connectivity index (χ0) is 13.1. The van der Waals surface area contributed by atoms with Gasteiger partial charge in [0.1, 0.15) is 0 Å². The molecule has 1 fully saturated rings. The summed E-state index contributed by atoms with van der Waals surface area (Å²) in [4.78, 5) is 23.9. The van der Waals surface area contributed by atoms with E-state index in [2.05, 4.69) is 5.32 Å². The maximum absolute atomic E-state index is 12.1. The summed E-state index contributed by atoms with van der Waals surface area (Å²) in [5.74, 6) is 0.0256. The number of nitrogens with one attached hydrogen (secondary N) is 1. The number of piperidine rings is 1. The van der Waals surface area contributed by atoms with Crippen LogP contribution in [-0.4, -0.2) is 30.5 Å². The Morgan fingerprint density at radius 1 is 1.39 bits per heavy atom. The fraction of sp³-hybridized carbons (Fsp3) is 0.417. The first-order valence-electron chi connectivity index (χ1n) is 5.86. The molecular weight excluding hydrogens is 234 g/mol. The number of anilines is 1. The summed E-state index contributed by atoms with van der Waals surface area (Å²) in [6.45, 7) is 0.662. The van der Waals surface area contributed by atoms with Gasteiger partial charge >= 0.3 is 0 Å². The van der Waals surface area contributed by atoms with Gasteiger partial charge in [-0.05, 0) is 32.0 Å². The lowest BCUT2D eigenvalue weighted by Gasteiger charge is -2.32.